The predicted octanol–water partition coefficient (Wildman–Crippen LogP) is 1.18. The van der Waals surface area contributed by atoms with Crippen LogP contribution >= 0.6 is 0 Å². The largest absolute Gasteiger partial charge is 0.497 e. The van der Waals surface area contributed by atoms with E-state index in [1.165, 1.54) is 4.90 Å². The summed E-state index contributed by atoms with van der Waals surface area (Å²) in [6.45, 7) is 3.76. The van der Waals surface area contributed by atoms with Gasteiger partial charge in [-0.15, -0.1) is 6.58 Å². The number of ether oxygens (including phenoxy) is 2. The van der Waals surface area contributed by atoms with Crippen molar-refractivity contribution >= 4 is 17.9 Å². The number of nitrogens with zero attached hydrogens (tertiary/aromatic N) is 1. The van der Waals surface area contributed by atoms with Crippen LogP contribution in [0.3, 0.4) is 0 Å². The molecule has 0 aromatic heterocycles. The number of rotatable bonds is 6. The molecule has 1 aromatic rings. The first-order valence-corrected chi connectivity index (χ1v) is 5.88. The first-order chi connectivity index (χ1) is 9.22. The lowest BCUT2D eigenvalue weighted by Crippen LogP contribution is -2.67. The lowest BCUT2D eigenvalue weighted by Gasteiger charge is -2.43. The highest BCUT2D eigenvalue weighted by atomic mass is 16.5. The van der Waals surface area contributed by atoms with Crippen molar-refractivity contribution in [1.82, 2.24) is 0 Å². The molecule has 1 amide bonds. The zero-order valence-electron chi connectivity index (χ0n) is 10.6. The molecule has 0 N–H and O–H groups in total. The van der Waals surface area contributed by atoms with E-state index >= 15 is 0 Å². The SMILES string of the molecule is C=CCO[C@H]1C(=O)N(c2ccc(OC)cc2)[C@H]1C=O. The van der Waals surface area contributed by atoms with Gasteiger partial charge in [0.05, 0.1) is 13.7 Å². The molecule has 2 atom stereocenters. The van der Waals surface area contributed by atoms with Gasteiger partial charge in [0.25, 0.3) is 5.91 Å². The molecule has 19 heavy (non-hydrogen) atoms. The highest BCUT2D eigenvalue weighted by Crippen LogP contribution is 2.30. The fraction of sp³-hybridized carbons (Fsp3) is 0.286. The summed E-state index contributed by atoms with van der Waals surface area (Å²) in [7, 11) is 1.57. The minimum atomic E-state index is -0.711. The molecule has 1 fully saturated rings. The Morgan fingerprint density at radius 1 is 1.37 bits per heavy atom. The van der Waals surface area contributed by atoms with Crippen LogP contribution in [0.1, 0.15) is 0 Å². The lowest BCUT2D eigenvalue weighted by atomic mass is 9.98. The quantitative estimate of drug-likeness (QED) is 0.438. The number of carbonyl (C=O) groups is 2. The van der Waals surface area contributed by atoms with Gasteiger partial charge in [0.1, 0.15) is 18.1 Å². The lowest BCUT2D eigenvalue weighted by molar-refractivity contribution is -0.144. The van der Waals surface area contributed by atoms with Crippen LogP contribution in [0.25, 0.3) is 0 Å². The summed E-state index contributed by atoms with van der Waals surface area (Å²) in [5.74, 6) is 0.475. The molecule has 0 saturated carbocycles. The minimum absolute atomic E-state index is 0.218. The average molecular weight is 261 g/mol. The van der Waals surface area contributed by atoms with Gasteiger partial charge in [-0.2, -0.15) is 0 Å². The van der Waals surface area contributed by atoms with Gasteiger partial charge in [0.15, 0.2) is 6.10 Å². The Morgan fingerprint density at radius 2 is 2.05 bits per heavy atom. The molecular weight excluding hydrogens is 246 g/mol. The summed E-state index contributed by atoms with van der Waals surface area (Å²) in [4.78, 5) is 24.5. The van der Waals surface area contributed by atoms with Crippen LogP contribution in [0, 0.1) is 0 Å². The summed E-state index contributed by atoms with van der Waals surface area (Å²) < 4.78 is 10.3. The summed E-state index contributed by atoms with van der Waals surface area (Å²) >= 11 is 0. The van der Waals surface area contributed by atoms with Crippen LogP contribution in [0.5, 0.6) is 5.75 Å². The Labute approximate surface area is 111 Å². The number of hydrogen-bond acceptors (Lipinski definition) is 4. The number of aldehydes is 1. The zero-order valence-corrected chi connectivity index (χ0v) is 10.6. The standard InChI is InChI=1S/C14H15NO4/c1-3-8-19-13-12(9-16)15(14(13)17)10-4-6-11(18-2)7-5-10/h3-7,9,12-13H,1,8H2,2H3/t12-,13+/m0/s1. The van der Waals surface area contributed by atoms with Crippen LogP contribution in [0.4, 0.5) is 5.69 Å². The highest BCUT2D eigenvalue weighted by molar-refractivity contribution is 6.10. The van der Waals surface area contributed by atoms with Crippen LogP contribution in [0.15, 0.2) is 36.9 Å². The molecule has 1 aliphatic heterocycles. The molecule has 5 heteroatoms. The van der Waals surface area contributed by atoms with Gasteiger partial charge < -0.3 is 14.3 Å². The Bertz CT molecular complexity index is 483. The predicted molar refractivity (Wildman–Crippen MR) is 70.3 cm³/mol. The van der Waals surface area contributed by atoms with Gasteiger partial charge in [0, 0.05) is 5.69 Å². The second-order valence-electron chi connectivity index (χ2n) is 4.08. The zero-order chi connectivity index (χ0) is 13.8. The van der Waals surface area contributed by atoms with Gasteiger partial charge in [0.2, 0.25) is 0 Å². The maximum Gasteiger partial charge on any atom is 0.259 e. The molecule has 1 heterocycles. The van der Waals surface area contributed by atoms with E-state index in [2.05, 4.69) is 6.58 Å². The molecule has 0 aliphatic carbocycles. The third-order valence-electron chi connectivity index (χ3n) is 2.97. The van der Waals surface area contributed by atoms with E-state index in [4.69, 9.17) is 9.47 Å². The van der Waals surface area contributed by atoms with Crippen molar-refractivity contribution in [2.45, 2.75) is 12.1 Å². The minimum Gasteiger partial charge on any atom is -0.497 e. The third-order valence-corrected chi connectivity index (χ3v) is 2.97. The number of amides is 1. The van der Waals surface area contributed by atoms with Gasteiger partial charge in [-0.3, -0.25) is 9.69 Å². The Morgan fingerprint density at radius 3 is 2.58 bits per heavy atom. The first kappa shape index (κ1) is 13.3. The summed E-state index contributed by atoms with van der Waals surface area (Å²) in [6, 6.07) is 6.36. The first-order valence-electron chi connectivity index (χ1n) is 5.88. The van der Waals surface area contributed by atoms with E-state index in [-0.39, 0.29) is 12.5 Å². The van der Waals surface area contributed by atoms with Crippen molar-refractivity contribution in [1.29, 1.82) is 0 Å². The summed E-state index contributed by atoms with van der Waals surface area (Å²) in [5.41, 5.74) is 0.654. The van der Waals surface area contributed by atoms with Gasteiger partial charge >= 0.3 is 0 Å². The molecule has 5 nitrogen and oxygen atoms in total. The third kappa shape index (κ3) is 2.37. The Kier molecular flexibility index (Phi) is 3.97. The molecule has 1 aromatic carbocycles. The molecule has 2 rings (SSSR count). The maximum absolute atomic E-state index is 12.0. The van der Waals surface area contributed by atoms with Crippen molar-refractivity contribution in [3.63, 3.8) is 0 Å². The van der Waals surface area contributed by atoms with Crippen LogP contribution < -0.4 is 9.64 Å². The van der Waals surface area contributed by atoms with Crippen molar-refractivity contribution in [2.75, 3.05) is 18.6 Å². The monoisotopic (exact) mass is 261 g/mol. The second-order valence-corrected chi connectivity index (χ2v) is 4.08. The molecule has 0 unspecified atom stereocenters. The van der Waals surface area contributed by atoms with Crippen LogP contribution in [-0.4, -0.2) is 38.1 Å². The summed E-state index contributed by atoms with van der Waals surface area (Å²) in [6.07, 6.45) is 1.56. The van der Waals surface area contributed by atoms with Gasteiger partial charge in [-0.25, -0.2) is 0 Å². The maximum atomic E-state index is 12.0. The number of hydrogen-bond donors (Lipinski definition) is 0. The highest BCUT2D eigenvalue weighted by Gasteiger charge is 2.48. The van der Waals surface area contributed by atoms with E-state index in [0.717, 1.165) is 6.29 Å². The fourth-order valence-corrected chi connectivity index (χ4v) is 2.00. The number of anilines is 1. The molecule has 0 bridgehead atoms. The molecule has 1 aliphatic rings. The van der Waals surface area contributed by atoms with Crippen molar-refractivity contribution in [2.24, 2.45) is 0 Å². The van der Waals surface area contributed by atoms with Crippen molar-refractivity contribution in [3.05, 3.63) is 36.9 Å². The van der Waals surface area contributed by atoms with E-state index in [9.17, 15) is 9.59 Å². The Balaban J connectivity index is 2.13. The van der Waals surface area contributed by atoms with Crippen LogP contribution in [-0.2, 0) is 14.3 Å². The van der Waals surface area contributed by atoms with E-state index in [1.807, 2.05) is 0 Å². The average Bonchev–Trinajstić information content (AvgIpc) is 2.45. The van der Waals surface area contributed by atoms with E-state index < -0.39 is 12.1 Å². The summed E-state index contributed by atoms with van der Waals surface area (Å²) in [5, 5.41) is 0. The van der Waals surface area contributed by atoms with Crippen LogP contribution in [0.2, 0.25) is 0 Å². The van der Waals surface area contributed by atoms with E-state index in [0.29, 0.717) is 11.4 Å². The Hall–Kier alpha value is -2.14. The fourth-order valence-electron chi connectivity index (χ4n) is 2.00. The number of methoxy groups -OCH3 is 1. The number of benzene rings is 1. The number of β-lactam (4-membered cyclic amide) rings is 1. The topological polar surface area (TPSA) is 55.8 Å². The van der Waals surface area contributed by atoms with Gasteiger partial charge in [-0.1, -0.05) is 6.08 Å². The second kappa shape index (κ2) is 5.67. The van der Waals surface area contributed by atoms with Gasteiger partial charge in [-0.05, 0) is 24.3 Å². The van der Waals surface area contributed by atoms with Crippen molar-refractivity contribution < 1.29 is 19.1 Å². The molecule has 1 saturated heterocycles. The molecular formula is C14H15NO4. The number of carbonyl (C=O) groups excluding carboxylic acids is 2. The normalized spacial score (nSPS) is 21.7. The van der Waals surface area contributed by atoms with E-state index in [1.54, 1.807) is 37.5 Å². The smallest absolute Gasteiger partial charge is 0.259 e. The molecule has 0 radical (unpaired) electrons. The van der Waals surface area contributed by atoms with Crippen molar-refractivity contribution in [3.8, 4) is 5.75 Å². The molecule has 100 valence electrons. The molecule has 0 spiro atoms.